The molecule has 1 nitrogen and oxygen atoms in total. The SMILES string of the molecule is COc1ccc(C#Cc2c(F)c(F)c(C3=C(c4ccc(F)cc4)C(F)(F)C(F)(F)C3(F)F)c(F)c2F)cc1. The molecule has 3 aromatic rings. The molecule has 0 amide bonds. The smallest absolute Gasteiger partial charge is 0.380 e. The van der Waals surface area contributed by atoms with Crippen LogP contribution >= 0.6 is 0 Å². The minimum Gasteiger partial charge on any atom is -0.497 e. The van der Waals surface area contributed by atoms with E-state index in [4.69, 9.17) is 4.74 Å². The van der Waals surface area contributed by atoms with Crippen LogP contribution < -0.4 is 4.74 Å². The molecule has 0 aliphatic heterocycles. The molecule has 198 valence electrons. The fraction of sp³-hybridized carbons (Fsp3) is 0.154. The minimum atomic E-state index is -6.28. The zero-order valence-corrected chi connectivity index (χ0v) is 18.7. The quantitative estimate of drug-likeness (QED) is 0.186. The van der Waals surface area contributed by atoms with Crippen molar-refractivity contribution in [3.8, 4) is 17.6 Å². The van der Waals surface area contributed by atoms with E-state index >= 15 is 0 Å². The molecule has 12 heteroatoms. The van der Waals surface area contributed by atoms with Gasteiger partial charge < -0.3 is 4.74 Å². The summed E-state index contributed by atoms with van der Waals surface area (Å²) in [5.41, 5.74) is -10.2. The minimum absolute atomic E-state index is 0.0670. The van der Waals surface area contributed by atoms with Gasteiger partial charge in [-0.25, -0.2) is 22.0 Å². The number of methoxy groups -OCH3 is 1. The van der Waals surface area contributed by atoms with Crippen LogP contribution in [0.2, 0.25) is 0 Å². The van der Waals surface area contributed by atoms with E-state index in [9.17, 15) is 48.3 Å². The maximum atomic E-state index is 15.0. The summed E-state index contributed by atoms with van der Waals surface area (Å²) in [6.45, 7) is 0. The van der Waals surface area contributed by atoms with E-state index in [2.05, 4.69) is 5.92 Å². The molecule has 1 aliphatic rings. The van der Waals surface area contributed by atoms with Crippen LogP contribution in [0.25, 0.3) is 11.1 Å². The Labute approximate surface area is 207 Å². The first-order chi connectivity index (χ1) is 17.7. The highest BCUT2D eigenvalue weighted by Crippen LogP contribution is 2.65. The number of benzene rings is 3. The van der Waals surface area contributed by atoms with Gasteiger partial charge >= 0.3 is 17.8 Å². The van der Waals surface area contributed by atoms with Crippen LogP contribution in [0.5, 0.6) is 5.75 Å². The molecule has 0 spiro atoms. The van der Waals surface area contributed by atoms with E-state index in [1.807, 2.05) is 0 Å². The van der Waals surface area contributed by atoms with Crippen LogP contribution in [0.3, 0.4) is 0 Å². The van der Waals surface area contributed by atoms with Gasteiger partial charge in [-0.1, -0.05) is 24.0 Å². The van der Waals surface area contributed by atoms with Gasteiger partial charge in [-0.2, -0.15) is 26.3 Å². The lowest BCUT2D eigenvalue weighted by Crippen LogP contribution is -2.49. The van der Waals surface area contributed by atoms with Crippen molar-refractivity contribution in [2.45, 2.75) is 17.8 Å². The molecule has 4 rings (SSSR count). The Morgan fingerprint density at radius 2 is 1.11 bits per heavy atom. The molecule has 0 bridgehead atoms. The molecule has 0 fully saturated rings. The highest BCUT2D eigenvalue weighted by Gasteiger charge is 2.80. The molecule has 0 N–H and O–H groups in total. The number of rotatable bonds is 3. The summed E-state index contributed by atoms with van der Waals surface area (Å²) in [6, 6.07) is 6.95. The summed E-state index contributed by atoms with van der Waals surface area (Å²) in [4.78, 5) is 0. The van der Waals surface area contributed by atoms with Gasteiger partial charge in [0.2, 0.25) is 0 Å². The van der Waals surface area contributed by atoms with E-state index < -0.39 is 74.7 Å². The second-order valence-corrected chi connectivity index (χ2v) is 7.96. The van der Waals surface area contributed by atoms with Gasteiger partial charge in [-0.3, -0.25) is 0 Å². The number of ether oxygens (including phenoxy) is 1. The fourth-order valence-electron chi connectivity index (χ4n) is 3.82. The van der Waals surface area contributed by atoms with Crippen molar-refractivity contribution in [2.24, 2.45) is 0 Å². The Kier molecular flexibility index (Phi) is 6.46. The summed E-state index contributed by atoms with van der Waals surface area (Å²) in [5.74, 6) is -25.0. The van der Waals surface area contributed by atoms with Gasteiger partial charge in [0, 0.05) is 11.1 Å². The second-order valence-electron chi connectivity index (χ2n) is 7.96. The van der Waals surface area contributed by atoms with Crippen molar-refractivity contribution in [3.05, 3.63) is 99.9 Å². The number of hydrogen-bond donors (Lipinski definition) is 0. The molecule has 3 aromatic carbocycles. The molecule has 38 heavy (non-hydrogen) atoms. The van der Waals surface area contributed by atoms with E-state index in [-0.39, 0.29) is 5.56 Å². The van der Waals surface area contributed by atoms with E-state index in [1.165, 1.54) is 31.4 Å². The monoisotopic (exact) mass is 548 g/mol. The van der Waals surface area contributed by atoms with Crippen molar-refractivity contribution in [3.63, 3.8) is 0 Å². The third-order valence-corrected chi connectivity index (χ3v) is 5.73. The molecule has 0 aromatic heterocycles. The average Bonchev–Trinajstić information content (AvgIpc) is 2.98. The standard InChI is InChI=1S/C26H11F11O/c1-38-15-9-2-12(3-10-15)4-11-16-20(28)22(30)17(23(31)21(16)29)19-18(13-5-7-14(27)8-6-13)24(32,33)26(36,37)25(19,34)35/h2-3,5-10H,1H3. The Bertz CT molecular complexity index is 1480. The first kappa shape index (κ1) is 27.0. The summed E-state index contributed by atoms with van der Waals surface area (Å²) < 4.78 is 165. The van der Waals surface area contributed by atoms with Crippen molar-refractivity contribution in [2.75, 3.05) is 7.11 Å². The van der Waals surface area contributed by atoms with Gasteiger partial charge in [0.25, 0.3) is 0 Å². The van der Waals surface area contributed by atoms with Crippen molar-refractivity contribution in [1.82, 2.24) is 0 Å². The van der Waals surface area contributed by atoms with Gasteiger partial charge in [0.1, 0.15) is 17.1 Å². The van der Waals surface area contributed by atoms with Crippen LogP contribution in [-0.2, 0) is 0 Å². The van der Waals surface area contributed by atoms with Crippen molar-refractivity contribution >= 4 is 11.1 Å². The van der Waals surface area contributed by atoms with Gasteiger partial charge in [0.05, 0.1) is 18.2 Å². The van der Waals surface area contributed by atoms with E-state index in [0.29, 0.717) is 30.0 Å². The summed E-state index contributed by atoms with van der Waals surface area (Å²) in [5, 5.41) is 0. The highest BCUT2D eigenvalue weighted by molar-refractivity contribution is 6.01. The van der Waals surface area contributed by atoms with E-state index in [0.717, 1.165) is 0 Å². The first-order valence-corrected chi connectivity index (χ1v) is 10.3. The summed E-state index contributed by atoms with van der Waals surface area (Å²) in [7, 11) is 1.34. The lowest BCUT2D eigenvalue weighted by Gasteiger charge is -2.26. The van der Waals surface area contributed by atoms with Crippen LogP contribution in [0, 0.1) is 40.9 Å². The molecular weight excluding hydrogens is 537 g/mol. The lowest BCUT2D eigenvalue weighted by atomic mass is 9.92. The molecule has 0 unspecified atom stereocenters. The van der Waals surface area contributed by atoms with Crippen molar-refractivity contribution in [1.29, 1.82) is 0 Å². The van der Waals surface area contributed by atoms with Crippen LogP contribution in [0.15, 0.2) is 48.5 Å². The van der Waals surface area contributed by atoms with Crippen molar-refractivity contribution < 1.29 is 53.0 Å². The zero-order chi connectivity index (χ0) is 28.2. The largest absolute Gasteiger partial charge is 0.497 e. The fourth-order valence-corrected chi connectivity index (χ4v) is 3.82. The van der Waals surface area contributed by atoms with Crippen LogP contribution in [0.1, 0.15) is 22.3 Å². The Balaban J connectivity index is 2.00. The highest BCUT2D eigenvalue weighted by atomic mass is 19.3. The Morgan fingerprint density at radius 3 is 1.61 bits per heavy atom. The van der Waals surface area contributed by atoms with Gasteiger partial charge in [-0.05, 0) is 42.0 Å². The van der Waals surface area contributed by atoms with Gasteiger partial charge in [0.15, 0.2) is 23.3 Å². The van der Waals surface area contributed by atoms with Crippen LogP contribution in [0.4, 0.5) is 48.3 Å². The van der Waals surface area contributed by atoms with E-state index in [1.54, 1.807) is 5.92 Å². The topological polar surface area (TPSA) is 9.23 Å². The maximum absolute atomic E-state index is 15.0. The third kappa shape index (κ3) is 3.88. The molecule has 0 atom stereocenters. The number of hydrogen-bond acceptors (Lipinski definition) is 1. The third-order valence-electron chi connectivity index (χ3n) is 5.73. The molecule has 0 saturated carbocycles. The first-order valence-electron chi connectivity index (χ1n) is 10.3. The number of alkyl halides is 6. The Hall–Kier alpha value is -4.01. The second kappa shape index (κ2) is 9.08. The number of allylic oxidation sites excluding steroid dienone is 2. The summed E-state index contributed by atoms with van der Waals surface area (Å²) >= 11 is 0. The van der Waals surface area contributed by atoms with Crippen LogP contribution in [-0.4, -0.2) is 24.9 Å². The Morgan fingerprint density at radius 1 is 0.605 bits per heavy atom. The zero-order valence-electron chi connectivity index (χ0n) is 18.7. The normalized spacial score (nSPS) is 17.3. The lowest BCUT2D eigenvalue weighted by molar-refractivity contribution is -0.254. The molecule has 1 aliphatic carbocycles. The predicted molar refractivity (Wildman–Crippen MR) is 113 cm³/mol. The van der Waals surface area contributed by atoms with Gasteiger partial charge in [-0.15, -0.1) is 0 Å². The average molecular weight is 548 g/mol. The molecule has 0 saturated heterocycles. The molecule has 0 radical (unpaired) electrons. The number of halogens is 11. The summed E-state index contributed by atoms with van der Waals surface area (Å²) in [6.07, 6.45) is 0. The maximum Gasteiger partial charge on any atom is 0.380 e. The molecular formula is C26H11F11O. The molecule has 0 heterocycles. The predicted octanol–water partition coefficient (Wildman–Crippen LogP) is 7.62.